The molecule has 0 rings (SSSR count). The van der Waals surface area contributed by atoms with Crippen LogP contribution in [0.2, 0.25) is 0 Å². The molecule has 0 aliphatic carbocycles. The van der Waals surface area contributed by atoms with E-state index in [1.807, 2.05) is 0 Å². The summed E-state index contributed by atoms with van der Waals surface area (Å²) in [5.41, 5.74) is 0. The summed E-state index contributed by atoms with van der Waals surface area (Å²) in [6.45, 7) is 4.60. The first kappa shape index (κ1) is 53.6. The Bertz CT molecular complexity index is 1020. The molecule has 2 atom stereocenters. The zero-order valence-corrected chi connectivity index (χ0v) is 37.1. The summed E-state index contributed by atoms with van der Waals surface area (Å²) in [4.78, 5) is 36.8. The van der Waals surface area contributed by atoms with Crippen LogP contribution in [0.25, 0.3) is 0 Å². The van der Waals surface area contributed by atoms with Gasteiger partial charge in [0.2, 0.25) is 0 Å². The number of aliphatic carboxylic acids is 1. The number of carbonyl (C=O) groups excluding carboxylic acids is 3. The molecule has 0 heterocycles. The van der Waals surface area contributed by atoms with Crippen LogP contribution in [-0.2, 0) is 28.6 Å². The van der Waals surface area contributed by atoms with E-state index in [-0.39, 0.29) is 42.7 Å². The van der Waals surface area contributed by atoms with Crippen molar-refractivity contribution in [1.82, 2.24) is 0 Å². The third-order valence-electron chi connectivity index (χ3n) is 10.2. The normalized spacial score (nSPS) is 13.2. The minimum absolute atomic E-state index is 0.0343. The number of carbonyl (C=O) groups is 3. The third-order valence-corrected chi connectivity index (χ3v) is 10.2. The van der Waals surface area contributed by atoms with Crippen LogP contribution in [0, 0.1) is 0 Å². The molecule has 0 aromatic rings. The second-order valence-corrected chi connectivity index (χ2v) is 16.6. The Morgan fingerprint density at radius 3 is 1.45 bits per heavy atom. The first-order valence-electron chi connectivity index (χ1n) is 23.0. The number of carboxylic acid groups (broad SMARTS) is 1. The number of unbranched alkanes of at least 4 members (excludes halogenated alkanes) is 21. The molecule has 0 aliphatic rings. The number of esters is 2. The Hall–Kier alpha value is -2.45. The average Bonchev–Trinajstić information content (AvgIpc) is 3.15. The molecule has 56 heavy (non-hydrogen) atoms. The molecule has 8 nitrogen and oxygen atoms in total. The number of hydrogen-bond acceptors (Lipinski definition) is 7. The molecule has 0 fully saturated rings. The lowest BCUT2D eigenvalue weighted by atomic mass is 10.1. The van der Waals surface area contributed by atoms with Crippen LogP contribution in [0.4, 0.5) is 0 Å². The number of likely N-dealkylation sites (N-methyl/N-ethyl adjacent to an activating group) is 1. The van der Waals surface area contributed by atoms with Gasteiger partial charge in [-0.15, -0.1) is 0 Å². The van der Waals surface area contributed by atoms with E-state index >= 15 is 0 Å². The van der Waals surface area contributed by atoms with Crippen LogP contribution >= 0.6 is 0 Å². The second kappa shape index (κ2) is 39.4. The maximum atomic E-state index is 12.7. The topological polar surface area (TPSA) is 102 Å². The number of allylic oxidation sites excluding steroid dienone is 6. The number of hydrogen-bond donors (Lipinski definition) is 0. The lowest BCUT2D eigenvalue weighted by Gasteiger charge is -2.34. The van der Waals surface area contributed by atoms with Crippen LogP contribution in [-0.4, -0.2) is 75.5 Å². The summed E-state index contributed by atoms with van der Waals surface area (Å²) < 4.78 is 17.1. The minimum Gasteiger partial charge on any atom is -0.544 e. The number of ether oxygens (including phenoxy) is 3. The summed E-state index contributed by atoms with van der Waals surface area (Å²) in [7, 11) is 5.40. The third kappa shape index (κ3) is 37.1. The second-order valence-electron chi connectivity index (χ2n) is 16.6. The van der Waals surface area contributed by atoms with E-state index < -0.39 is 18.1 Å². The summed E-state index contributed by atoms with van der Waals surface area (Å²) in [5, 5.41) is 11.6. The van der Waals surface area contributed by atoms with Gasteiger partial charge in [0.1, 0.15) is 12.6 Å². The van der Waals surface area contributed by atoms with Gasteiger partial charge in [-0.05, 0) is 64.2 Å². The standard InChI is InChI=1S/C48H87NO7/c1-6-8-10-12-14-16-18-19-20-21-22-23-24-25-26-27-28-29-31-32-34-36-38-46(50)55-43-44(42-54-41-40-45(48(52)53)49(3,4)5)56-47(51)39-37-35-33-30-17-15-13-11-9-7-2/h13,15,21-22,24-25,44-45H,6-12,14,16-20,23,26-43H2,1-5H3/b15-13+,22-21+,25-24+. The van der Waals surface area contributed by atoms with E-state index in [2.05, 4.69) is 50.3 Å². The van der Waals surface area contributed by atoms with Crippen LogP contribution < -0.4 is 5.11 Å². The lowest BCUT2D eigenvalue weighted by molar-refractivity contribution is -0.889. The van der Waals surface area contributed by atoms with Crippen LogP contribution in [0.3, 0.4) is 0 Å². The predicted molar refractivity (Wildman–Crippen MR) is 231 cm³/mol. The van der Waals surface area contributed by atoms with Crippen molar-refractivity contribution in [1.29, 1.82) is 0 Å². The van der Waals surface area contributed by atoms with Gasteiger partial charge in [0.05, 0.1) is 40.3 Å². The lowest BCUT2D eigenvalue weighted by Crippen LogP contribution is -2.55. The first-order valence-corrected chi connectivity index (χ1v) is 23.0. The van der Waals surface area contributed by atoms with Crippen molar-refractivity contribution in [3.8, 4) is 0 Å². The average molecular weight is 790 g/mol. The van der Waals surface area contributed by atoms with Crippen molar-refractivity contribution in [3.05, 3.63) is 36.5 Å². The van der Waals surface area contributed by atoms with Gasteiger partial charge < -0.3 is 28.6 Å². The number of carboxylic acids is 1. The van der Waals surface area contributed by atoms with Gasteiger partial charge >= 0.3 is 11.9 Å². The number of nitrogens with zero attached hydrogens (tertiary/aromatic N) is 1. The fraction of sp³-hybridized carbons (Fsp3) is 0.812. The van der Waals surface area contributed by atoms with Gasteiger partial charge in [0.15, 0.2) is 6.10 Å². The molecule has 0 radical (unpaired) electrons. The Morgan fingerprint density at radius 2 is 0.964 bits per heavy atom. The molecule has 0 aliphatic heterocycles. The molecule has 0 aromatic heterocycles. The summed E-state index contributed by atoms with van der Waals surface area (Å²) >= 11 is 0. The molecule has 0 N–H and O–H groups in total. The van der Waals surface area contributed by atoms with E-state index in [0.717, 1.165) is 70.6 Å². The van der Waals surface area contributed by atoms with Crippen molar-refractivity contribution in [2.45, 2.75) is 212 Å². The molecule has 0 aromatic carbocycles. The van der Waals surface area contributed by atoms with Gasteiger partial charge in [-0.25, -0.2) is 0 Å². The predicted octanol–water partition coefficient (Wildman–Crippen LogP) is 11.3. The maximum absolute atomic E-state index is 12.7. The van der Waals surface area contributed by atoms with Crippen LogP contribution in [0.5, 0.6) is 0 Å². The Morgan fingerprint density at radius 1 is 0.536 bits per heavy atom. The van der Waals surface area contributed by atoms with Crippen LogP contribution in [0.15, 0.2) is 36.5 Å². The molecule has 0 amide bonds. The highest BCUT2D eigenvalue weighted by molar-refractivity contribution is 5.70. The van der Waals surface area contributed by atoms with Crippen molar-refractivity contribution in [3.63, 3.8) is 0 Å². The van der Waals surface area contributed by atoms with Gasteiger partial charge in [-0.3, -0.25) is 9.59 Å². The van der Waals surface area contributed by atoms with Gasteiger partial charge in [0, 0.05) is 19.3 Å². The smallest absolute Gasteiger partial charge is 0.306 e. The molecule has 0 bridgehead atoms. The fourth-order valence-corrected chi connectivity index (χ4v) is 6.61. The minimum atomic E-state index is -1.13. The maximum Gasteiger partial charge on any atom is 0.306 e. The van der Waals surface area contributed by atoms with Crippen LogP contribution in [0.1, 0.15) is 200 Å². The van der Waals surface area contributed by atoms with E-state index in [9.17, 15) is 19.5 Å². The molecule has 0 spiro atoms. The molecule has 2 unspecified atom stereocenters. The van der Waals surface area contributed by atoms with Gasteiger partial charge in [0.25, 0.3) is 0 Å². The monoisotopic (exact) mass is 790 g/mol. The van der Waals surface area contributed by atoms with Crippen molar-refractivity contribution >= 4 is 17.9 Å². The molecular formula is C48H87NO7. The van der Waals surface area contributed by atoms with E-state index in [1.54, 1.807) is 21.1 Å². The van der Waals surface area contributed by atoms with E-state index in [4.69, 9.17) is 14.2 Å². The SMILES string of the molecule is CCCC/C=C/CCCCCCC(=O)OC(COCCC(C(=O)[O-])[N+](C)(C)C)COC(=O)CCCCCCCCC/C=C/C/C=C/CCCCCCCCCC. The Kier molecular flexibility index (Phi) is 37.7. The zero-order valence-electron chi connectivity index (χ0n) is 37.1. The number of rotatable bonds is 41. The number of quaternary nitrogens is 1. The molecular weight excluding hydrogens is 703 g/mol. The van der Waals surface area contributed by atoms with Crippen molar-refractivity contribution in [2.75, 3.05) is 41.0 Å². The largest absolute Gasteiger partial charge is 0.544 e. The van der Waals surface area contributed by atoms with Crippen molar-refractivity contribution < 1.29 is 38.2 Å². The van der Waals surface area contributed by atoms with Gasteiger partial charge in [-0.1, -0.05) is 153 Å². The Balaban J connectivity index is 4.22. The quantitative estimate of drug-likeness (QED) is 0.0263. The summed E-state index contributed by atoms with van der Waals surface area (Å²) in [5.74, 6) is -1.76. The Labute approximate surface area is 344 Å². The molecule has 0 saturated carbocycles. The highest BCUT2D eigenvalue weighted by Crippen LogP contribution is 2.14. The first-order chi connectivity index (χ1) is 27.1. The summed E-state index contributed by atoms with van der Waals surface area (Å²) in [6.07, 6.45) is 44.6. The van der Waals surface area contributed by atoms with E-state index in [0.29, 0.717) is 12.8 Å². The van der Waals surface area contributed by atoms with Gasteiger partial charge in [-0.2, -0.15) is 0 Å². The highest BCUT2D eigenvalue weighted by atomic mass is 16.6. The highest BCUT2D eigenvalue weighted by Gasteiger charge is 2.25. The zero-order chi connectivity index (χ0) is 41.4. The van der Waals surface area contributed by atoms with E-state index in [1.165, 1.54) is 96.3 Å². The fourth-order valence-electron chi connectivity index (χ4n) is 6.61. The summed E-state index contributed by atoms with van der Waals surface area (Å²) in [6, 6.07) is -0.727. The molecule has 8 heteroatoms. The molecule has 326 valence electrons. The van der Waals surface area contributed by atoms with Crippen molar-refractivity contribution in [2.24, 2.45) is 0 Å². The molecule has 0 saturated heterocycles.